The van der Waals surface area contributed by atoms with E-state index in [0.29, 0.717) is 0 Å². The Bertz CT molecular complexity index is 219. The quantitative estimate of drug-likeness (QED) is 0.570. The largest absolute Gasteiger partial charge is 0.0844 e. The normalized spacial score (nSPS) is 15.2. The van der Waals surface area contributed by atoms with Crippen LogP contribution >= 0.6 is 11.6 Å². The zero-order valence-electron chi connectivity index (χ0n) is 8.32. The minimum Gasteiger partial charge on any atom is -0.0844 e. The van der Waals surface area contributed by atoms with Crippen molar-refractivity contribution in [3.05, 3.63) is 34.4 Å². The first-order chi connectivity index (χ1) is 5.63. The standard InChI is InChI=1S/C11H17Cl/c1-5-7-8-11(12)10(4)9(3)6-2/h6-8H,5H2,1-4H3/b8-7+,9-6-,11-10+. The highest BCUT2D eigenvalue weighted by molar-refractivity contribution is 6.31. The number of hydrogen-bond donors (Lipinski definition) is 0. The number of halogens is 1. The lowest BCUT2D eigenvalue weighted by atomic mass is 10.1. The topological polar surface area (TPSA) is 0 Å². The Morgan fingerprint density at radius 3 is 2.33 bits per heavy atom. The van der Waals surface area contributed by atoms with Crippen molar-refractivity contribution >= 4 is 11.6 Å². The van der Waals surface area contributed by atoms with E-state index in [1.54, 1.807) is 0 Å². The zero-order chi connectivity index (χ0) is 9.56. The average molecular weight is 185 g/mol. The Hall–Kier alpha value is -0.490. The first-order valence-electron chi connectivity index (χ1n) is 4.29. The second-order valence-electron chi connectivity index (χ2n) is 2.76. The van der Waals surface area contributed by atoms with E-state index in [4.69, 9.17) is 11.6 Å². The molecule has 0 nitrogen and oxygen atoms in total. The summed E-state index contributed by atoms with van der Waals surface area (Å²) in [5.41, 5.74) is 2.39. The molecule has 0 aromatic rings. The van der Waals surface area contributed by atoms with Crippen molar-refractivity contribution < 1.29 is 0 Å². The zero-order valence-corrected chi connectivity index (χ0v) is 9.07. The van der Waals surface area contributed by atoms with Crippen LogP contribution in [-0.4, -0.2) is 0 Å². The van der Waals surface area contributed by atoms with Gasteiger partial charge in [0.1, 0.15) is 0 Å². The van der Waals surface area contributed by atoms with Gasteiger partial charge in [0.05, 0.1) is 0 Å². The molecule has 0 radical (unpaired) electrons. The molecule has 12 heavy (non-hydrogen) atoms. The fourth-order valence-corrected chi connectivity index (χ4v) is 0.989. The van der Waals surface area contributed by atoms with Gasteiger partial charge in [-0.1, -0.05) is 36.2 Å². The van der Waals surface area contributed by atoms with Crippen LogP contribution in [0.15, 0.2) is 34.4 Å². The van der Waals surface area contributed by atoms with Crippen molar-refractivity contribution in [1.82, 2.24) is 0 Å². The van der Waals surface area contributed by atoms with Crippen LogP contribution in [0.4, 0.5) is 0 Å². The molecule has 0 amide bonds. The van der Waals surface area contributed by atoms with Crippen LogP contribution < -0.4 is 0 Å². The minimum atomic E-state index is 0.840. The minimum absolute atomic E-state index is 0.840. The maximum absolute atomic E-state index is 6.04. The van der Waals surface area contributed by atoms with Gasteiger partial charge in [-0.15, -0.1) is 0 Å². The summed E-state index contributed by atoms with van der Waals surface area (Å²) in [4.78, 5) is 0. The van der Waals surface area contributed by atoms with Crippen LogP contribution in [-0.2, 0) is 0 Å². The van der Waals surface area contributed by atoms with Crippen molar-refractivity contribution in [2.24, 2.45) is 0 Å². The fourth-order valence-electron chi connectivity index (χ4n) is 0.751. The molecule has 0 atom stereocenters. The Kier molecular flexibility index (Phi) is 5.83. The SMILES string of the molecule is C\C=C(C)/C(C)=C(Cl)\C=C\CC. The van der Waals surface area contributed by atoms with Gasteiger partial charge in [-0.05, 0) is 38.8 Å². The predicted molar refractivity (Wildman–Crippen MR) is 57.4 cm³/mol. The van der Waals surface area contributed by atoms with Crippen molar-refractivity contribution in [1.29, 1.82) is 0 Å². The van der Waals surface area contributed by atoms with E-state index in [1.807, 2.05) is 19.9 Å². The summed E-state index contributed by atoms with van der Waals surface area (Å²) in [6.07, 6.45) is 7.12. The van der Waals surface area contributed by atoms with E-state index in [2.05, 4.69) is 26.0 Å². The van der Waals surface area contributed by atoms with Crippen LogP contribution in [0.5, 0.6) is 0 Å². The Labute approximate surface area is 80.6 Å². The molecule has 0 bridgehead atoms. The van der Waals surface area contributed by atoms with E-state index < -0.39 is 0 Å². The molecule has 0 aliphatic rings. The second-order valence-corrected chi connectivity index (χ2v) is 3.16. The van der Waals surface area contributed by atoms with Crippen LogP contribution in [0.1, 0.15) is 34.1 Å². The molecule has 0 heterocycles. The molecule has 0 rings (SSSR count). The van der Waals surface area contributed by atoms with Gasteiger partial charge in [0.25, 0.3) is 0 Å². The van der Waals surface area contributed by atoms with Crippen molar-refractivity contribution in [3.63, 3.8) is 0 Å². The molecular weight excluding hydrogens is 168 g/mol. The highest BCUT2D eigenvalue weighted by Gasteiger charge is 1.96. The molecule has 0 aliphatic heterocycles. The van der Waals surface area contributed by atoms with Gasteiger partial charge in [0.15, 0.2) is 0 Å². The summed E-state index contributed by atoms with van der Waals surface area (Å²) in [6, 6.07) is 0. The summed E-state index contributed by atoms with van der Waals surface area (Å²) in [5.74, 6) is 0. The van der Waals surface area contributed by atoms with Gasteiger partial charge in [-0.2, -0.15) is 0 Å². The van der Waals surface area contributed by atoms with Crippen molar-refractivity contribution in [3.8, 4) is 0 Å². The molecule has 68 valence electrons. The second kappa shape index (κ2) is 6.07. The van der Waals surface area contributed by atoms with Gasteiger partial charge in [-0.25, -0.2) is 0 Å². The van der Waals surface area contributed by atoms with E-state index in [1.165, 1.54) is 5.57 Å². The lowest BCUT2D eigenvalue weighted by molar-refractivity contribution is 1.22. The highest BCUT2D eigenvalue weighted by Crippen LogP contribution is 2.18. The van der Waals surface area contributed by atoms with Gasteiger partial charge in [0, 0.05) is 5.03 Å². The van der Waals surface area contributed by atoms with Crippen LogP contribution in [0.25, 0.3) is 0 Å². The lowest BCUT2D eigenvalue weighted by Gasteiger charge is -2.01. The molecule has 0 N–H and O–H groups in total. The molecule has 0 aromatic heterocycles. The van der Waals surface area contributed by atoms with Crippen molar-refractivity contribution in [2.75, 3.05) is 0 Å². The number of rotatable bonds is 3. The molecule has 0 aliphatic carbocycles. The molecule has 0 saturated heterocycles. The van der Waals surface area contributed by atoms with Gasteiger partial charge >= 0.3 is 0 Å². The fraction of sp³-hybridized carbons (Fsp3) is 0.455. The molecular formula is C11H17Cl. The van der Waals surface area contributed by atoms with Gasteiger partial charge < -0.3 is 0 Å². The summed E-state index contributed by atoms with van der Waals surface area (Å²) in [7, 11) is 0. The lowest BCUT2D eigenvalue weighted by Crippen LogP contribution is -1.80. The molecule has 0 spiro atoms. The first-order valence-corrected chi connectivity index (χ1v) is 4.67. The van der Waals surface area contributed by atoms with Gasteiger partial charge in [-0.3, -0.25) is 0 Å². The van der Waals surface area contributed by atoms with Crippen LogP contribution in [0.3, 0.4) is 0 Å². The summed E-state index contributed by atoms with van der Waals surface area (Å²) in [6.45, 7) is 8.22. The van der Waals surface area contributed by atoms with E-state index in [9.17, 15) is 0 Å². The predicted octanol–water partition coefficient (Wildman–Crippen LogP) is 4.43. The molecule has 0 saturated carbocycles. The van der Waals surface area contributed by atoms with E-state index >= 15 is 0 Å². The Morgan fingerprint density at radius 2 is 1.92 bits per heavy atom. The van der Waals surface area contributed by atoms with E-state index in [-0.39, 0.29) is 0 Å². The Balaban J connectivity index is 4.57. The molecule has 1 heteroatoms. The van der Waals surface area contributed by atoms with Crippen LogP contribution in [0, 0.1) is 0 Å². The van der Waals surface area contributed by atoms with Gasteiger partial charge in [0.2, 0.25) is 0 Å². The van der Waals surface area contributed by atoms with E-state index in [0.717, 1.165) is 17.0 Å². The maximum Gasteiger partial charge on any atom is 0.0434 e. The maximum atomic E-state index is 6.04. The van der Waals surface area contributed by atoms with Crippen molar-refractivity contribution in [2.45, 2.75) is 34.1 Å². The highest BCUT2D eigenvalue weighted by atomic mass is 35.5. The Morgan fingerprint density at radius 1 is 1.33 bits per heavy atom. The number of allylic oxidation sites excluding steroid dienone is 6. The third kappa shape index (κ3) is 3.77. The molecule has 0 unspecified atom stereocenters. The summed E-state index contributed by atoms with van der Waals surface area (Å²) in [5, 5.41) is 0.840. The number of hydrogen-bond acceptors (Lipinski definition) is 0. The monoisotopic (exact) mass is 184 g/mol. The average Bonchev–Trinajstić information content (AvgIpc) is 2.11. The smallest absolute Gasteiger partial charge is 0.0434 e. The molecule has 0 fully saturated rings. The summed E-state index contributed by atoms with van der Waals surface area (Å²) < 4.78 is 0. The summed E-state index contributed by atoms with van der Waals surface area (Å²) >= 11 is 6.04. The van der Waals surface area contributed by atoms with Crippen LogP contribution in [0.2, 0.25) is 0 Å². The third-order valence-electron chi connectivity index (χ3n) is 1.88. The molecule has 0 aromatic carbocycles. The first kappa shape index (κ1) is 11.5. The third-order valence-corrected chi connectivity index (χ3v) is 2.29.